The molecule has 8 nitrogen and oxygen atoms in total. The third-order valence-electron chi connectivity index (χ3n) is 6.46. The molecular weight excluding hydrogens is 503 g/mol. The highest BCUT2D eigenvalue weighted by Crippen LogP contribution is 2.37. The van der Waals surface area contributed by atoms with Crippen LogP contribution in [0, 0.1) is 11.3 Å². The average Bonchev–Trinajstić information content (AvgIpc) is 2.93. The molecule has 4 aromatic carbocycles. The number of carbonyl (C=O) groups excluding carboxylic acids is 2. The van der Waals surface area contributed by atoms with Gasteiger partial charge in [-0.2, -0.15) is 5.26 Å². The molecule has 0 fully saturated rings. The Hall–Kier alpha value is -4.68. The molecule has 190 valence electrons. The predicted molar refractivity (Wildman–Crippen MR) is 145 cm³/mol. The number of carbonyl (C=O) groups is 2. The van der Waals surface area contributed by atoms with Gasteiger partial charge >= 0.3 is 0 Å². The molecule has 0 aliphatic carbocycles. The zero-order chi connectivity index (χ0) is 26.7. The van der Waals surface area contributed by atoms with E-state index in [1.165, 1.54) is 6.07 Å². The molecule has 0 radical (unpaired) electrons. The maximum Gasteiger partial charge on any atom is 0.265 e. The van der Waals surface area contributed by atoms with Gasteiger partial charge in [0, 0.05) is 6.54 Å². The third-order valence-corrected chi connectivity index (χ3v) is 8.28. The molecular formula is C29H24N4O4S. The number of para-hydroxylation sites is 2. The van der Waals surface area contributed by atoms with Crippen LogP contribution in [0.2, 0.25) is 0 Å². The zero-order valence-corrected chi connectivity index (χ0v) is 21.1. The van der Waals surface area contributed by atoms with E-state index in [0.717, 1.165) is 20.6 Å². The van der Waals surface area contributed by atoms with Gasteiger partial charge in [0.25, 0.3) is 10.0 Å². The van der Waals surface area contributed by atoms with Gasteiger partial charge in [0.05, 0.1) is 34.3 Å². The van der Waals surface area contributed by atoms with Gasteiger partial charge in [0.15, 0.2) is 0 Å². The van der Waals surface area contributed by atoms with Crippen LogP contribution in [0.1, 0.15) is 17.5 Å². The molecule has 38 heavy (non-hydrogen) atoms. The molecule has 0 bridgehead atoms. The number of hydrogen-bond acceptors (Lipinski definition) is 5. The van der Waals surface area contributed by atoms with Crippen LogP contribution in [0.25, 0.3) is 10.8 Å². The number of fused-ring (bicyclic) bond motifs is 2. The average molecular weight is 528 g/mol. The number of anilines is 2. The van der Waals surface area contributed by atoms with E-state index in [2.05, 4.69) is 16.7 Å². The predicted octanol–water partition coefficient (Wildman–Crippen LogP) is 3.98. The van der Waals surface area contributed by atoms with Crippen molar-refractivity contribution in [2.75, 3.05) is 16.2 Å². The van der Waals surface area contributed by atoms with Crippen LogP contribution in [0.4, 0.5) is 11.4 Å². The molecule has 0 aromatic heterocycles. The first kappa shape index (κ1) is 25.0. The number of benzene rings is 4. The lowest BCUT2D eigenvalue weighted by molar-refractivity contribution is -0.125. The Morgan fingerprint density at radius 1 is 0.947 bits per heavy atom. The summed E-state index contributed by atoms with van der Waals surface area (Å²) in [5.41, 5.74) is 2.15. The Morgan fingerprint density at radius 2 is 1.66 bits per heavy atom. The fraction of sp³-hybridized carbons (Fsp3) is 0.138. The quantitative estimate of drug-likeness (QED) is 0.377. The largest absolute Gasteiger partial charge is 0.356 e. The highest BCUT2D eigenvalue weighted by Gasteiger charge is 2.42. The number of nitrogens with zero attached hydrogens (tertiary/aromatic N) is 2. The molecule has 1 atom stereocenters. The van der Waals surface area contributed by atoms with Gasteiger partial charge < -0.3 is 10.6 Å². The summed E-state index contributed by atoms with van der Waals surface area (Å²) >= 11 is 0. The number of nitriles is 1. The summed E-state index contributed by atoms with van der Waals surface area (Å²) in [4.78, 5) is 26.0. The number of rotatable bonds is 7. The molecule has 0 saturated heterocycles. The summed E-state index contributed by atoms with van der Waals surface area (Å²) in [6.07, 6.45) is 0.177. The molecule has 1 aliphatic rings. The van der Waals surface area contributed by atoms with Crippen LogP contribution in [0.3, 0.4) is 0 Å². The normalized spacial score (nSPS) is 14.9. The lowest BCUT2D eigenvalue weighted by atomic mass is 10.1. The summed E-state index contributed by atoms with van der Waals surface area (Å²) in [6, 6.07) is 26.7. The molecule has 4 aromatic rings. The second-order valence-corrected chi connectivity index (χ2v) is 10.8. The van der Waals surface area contributed by atoms with E-state index >= 15 is 0 Å². The molecule has 2 N–H and O–H groups in total. The van der Waals surface area contributed by atoms with E-state index in [-0.39, 0.29) is 11.3 Å². The van der Waals surface area contributed by atoms with Crippen LogP contribution < -0.4 is 14.9 Å². The van der Waals surface area contributed by atoms with Gasteiger partial charge in [-0.15, -0.1) is 0 Å². The Bertz CT molecular complexity index is 1680. The Labute approximate surface area is 220 Å². The van der Waals surface area contributed by atoms with Crippen molar-refractivity contribution in [3.05, 3.63) is 102 Å². The van der Waals surface area contributed by atoms with Gasteiger partial charge in [0.1, 0.15) is 6.04 Å². The van der Waals surface area contributed by atoms with E-state index < -0.39 is 27.9 Å². The first-order valence-corrected chi connectivity index (χ1v) is 13.5. The van der Waals surface area contributed by atoms with Gasteiger partial charge in [-0.3, -0.25) is 13.9 Å². The Balaban J connectivity index is 1.40. The van der Waals surface area contributed by atoms with Crippen LogP contribution in [-0.4, -0.2) is 32.8 Å². The second-order valence-electron chi connectivity index (χ2n) is 8.94. The second kappa shape index (κ2) is 10.4. The van der Waals surface area contributed by atoms with E-state index in [1.807, 2.05) is 36.4 Å². The van der Waals surface area contributed by atoms with E-state index in [4.69, 9.17) is 5.26 Å². The number of sulfonamides is 1. The highest BCUT2D eigenvalue weighted by molar-refractivity contribution is 7.93. The number of nitrogens with one attached hydrogen (secondary N) is 2. The van der Waals surface area contributed by atoms with Crippen molar-refractivity contribution in [3.8, 4) is 6.07 Å². The summed E-state index contributed by atoms with van der Waals surface area (Å²) in [5.74, 6) is -1.02. The number of amides is 2. The van der Waals surface area contributed by atoms with Crippen molar-refractivity contribution in [1.82, 2.24) is 5.32 Å². The van der Waals surface area contributed by atoms with Gasteiger partial charge in [-0.05, 0) is 59.2 Å². The molecule has 0 saturated carbocycles. The molecule has 0 unspecified atom stereocenters. The van der Waals surface area contributed by atoms with Crippen molar-refractivity contribution in [2.24, 2.45) is 0 Å². The zero-order valence-electron chi connectivity index (χ0n) is 20.3. The van der Waals surface area contributed by atoms with Crippen molar-refractivity contribution in [3.63, 3.8) is 0 Å². The maximum absolute atomic E-state index is 14.0. The minimum absolute atomic E-state index is 0.0342. The highest BCUT2D eigenvalue weighted by atomic mass is 35.1. The minimum Gasteiger partial charge on any atom is -0.356 e. The van der Waals surface area contributed by atoms with E-state index in [0.29, 0.717) is 29.9 Å². The van der Waals surface area contributed by atoms with Crippen LogP contribution >= 0.6 is 0 Å². The molecule has 0 spiro atoms. The fourth-order valence-corrected chi connectivity index (χ4v) is 6.18. The van der Waals surface area contributed by atoms with Gasteiger partial charge in [-0.25, -0.2) is 8.42 Å². The van der Waals surface area contributed by atoms with Crippen LogP contribution in [0.15, 0.2) is 95.9 Å². The summed E-state index contributed by atoms with van der Waals surface area (Å²) < 4.78 is 29.0. The Kier molecular flexibility index (Phi) is 6.81. The van der Waals surface area contributed by atoms with Crippen molar-refractivity contribution in [2.45, 2.75) is 23.8 Å². The molecule has 1 heterocycles. The van der Waals surface area contributed by atoms with Gasteiger partial charge in [-0.1, -0.05) is 54.6 Å². The van der Waals surface area contributed by atoms with E-state index in [1.54, 1.807) is 48.5 Å². The first-order valence-electron chi connectivity index (χ1n) is 12.1. The fourth-order valence-electron chi connectivity index (χ4n) is 4.52. The molecule has 9 heteroatoms. The lowest BCUT2D eigenvalue weighted by Crippen LogP contribution is -2.52. The smallest absolute Gasteiger partial charge is 0.265 e. The molecule has 5 rings (SSSR count). The first-order chi connectivity index (χ1) is 18.4. The summed E-state index contributed by atoms with van der Waals surface area (Å²) in [7, 11) is -4.20. The molecule has 2 amide bonds. The third kappa shape index (κ3) is 4.94. The molecule has 1 aliphatic heterocycles. The monoisotopic (exact) mass is 527 g/mol. The van der Waals surface area contributed by atoms with Crippen molar-refractivity contribution < 1.29 is 18.0 Å². The van der Waals surface area contributed by atoms with Crippen molar-refractivity contribution >= 4 is 44.0 Å². The van der Waals surface area contributed by atoms with E-state index in [9.17, 15) is 18.0 Å². The Morgan fingerprint density at radius 3 is 2.42 bits per heavy atom. The lowest BCUT2D eigenvalue weighted by Gasteiger charge is -2.36. The standard InChI is InChI=1S/C29H24N4O4S/c30-19-21-11-9-20(10-12-21)15-16-31-28(34)18-27-29(35)32-25-7-3-4-8-26(25)33(27)38(36,37)24-14-13-22-5-1-2-6-23(22)17-24/h1-14,17,27H,15-16,18H2,(H,31,34)(H,32,35)/t27-/m1/s1/i38+3. The number of hydrogen-bond donors (Lipinski definition) is 2. The summed E-state index contributed by atoms with van der Waals surface area (Å²) in [5, 5.41) is 16.1. The topological polar surface area (TPSA) is 119 Å². The van der Waals surface area contributed by atoms with Crippen molar-refractivity contribution in [1.29, 1.82) is 5.26 Å². The SMILES string of the molecule is N#Cc1ccc(CCNC(=O)C[C@@H]2C(=O)Nc3ccccc3N2[35S](=O)(=O)c2ccc3ccccc3c2)cc1. The van der Waals surface area contributed by atoms with Gasteiger partial charge in [0.2, 0.25) is 11.8 Å². The van der Waals surface area contributed by atoms with Crippen LogP contribution in [-0.2, 0) is 26.0 Å². The minimum atomic E-state index is -4.20. The maximum atomic E-state index is 14.0. The summed E-state index contributed by atoms with van der Waals surface area (Å²) in [6.45, 7) is 0.299. The van der Waals surface area contributed by atoms with Crippen LogP contribution in [0.5, 0.6) is 0 Å².